The number of amides is 1. The zero-order valence-electron chi connectivity index (χ0n) is 13.0. The molecule has 0 radical (unpaired) electrons. The third-order valence-corrected chi connectivity index (χ3v) is 4.46. The molecule has 1 N–H and O–H groups in total. The maximum absolute atomic E-state index is 13.0. The molecule has 0 aliphatic rings. The Morgan fingerprint density at radius 2 is 2.04 bits per heavy atom. The number of carbonyl (C=O) groups excluding carboxylic acids is 1. The second kappa shape index (κ2) is 6.81. The van der Waals surface area contributed by atoms with Crippen LogP contribution >= 0.6 is 11.3 Å². The highest BCUT2D eigenvalue weighted by Gasteiger charge is 2.19. The molecule has 9 heteroatoms. The van der Waals surface area contributed by atoms with Gasteiger partial charge in [-0.1, -0.05) is 12.1 Å². The highest BCUT2D eigenvalue weighted by Crippen LogP contribution is 2.26. The number of aryl methyl sites for hydroxylation is 1. The van der Waals surface area contributed by atoms with Crippen LogP contribution < -0.4 is 5.32 Å². The molecule has 7 nitrogen and oxygen atoms in total. The maximum Gasteiger partial charge on any atom is 0.433 e. The zero-order valence-corrected chi connectivity index (χ0v) is 13.8. The van der Waals surface area contributed by atoms with Crippen LogP contribution in [0.4, 0.5) is 15.4 Å². The lowest BCUT2D eigenvalue weighted by atomic mass is 10.1. The molecule has 0 fully saturated rings. The van der Waals surface area contributed by atoms with Gasteiger partial charge in [-0.15, -0.1) is 11.3 Å². The lowest BCUT2D eigenvalue weighted by Gasteiger charge is -1.99. The Hall–Kier alpha value is -3.07. The molecule has 25 heavy (non-hydrogen) atoms. The molecule has 1 aromatic carbocycles. The molecule has 0 atom stereocenters. The fraction of sp³-hybridized carbons (Fsp3) is 0.125. The van der Waals surface area contributed by atoms with Crippen molar-refractivity contribution in [2.45, 2.75) is 13.3 Å². The lowest BCUT2D eigenvalue weighted by Crippen LogP contribution is -2.10. The Balaban J connectivity index is 1.72. The summed E-state index contributed by atoms with van der Waals surface area (Å²) in [5.41, 5.74) is 1.67. The van der Waals surface area contributed by atoms with Crippen molar-refractivity contribution in [3.05, 3.63) is 74.2 Å². The van der Waals surface area contributed by atoms with Gasteiger partial charge in [0, 0.05) is 11.3 Å². The Kier molecular flexibility index (Phi) is 4.57. The number of nitro groups is 1. The van der Waals surface area contributed by atoms with E-state index in [2.05, 4.69) is 10.3 Å². The number of thiazole rings is 1. The second-order valence-electron chi connectivity index (χ2n) is 5.18. The fourth-order valence-corrected chi connectivity index (χ4v) is 3.13. The van der Waals surface area contributed by atoms with Crippen LogP contribution in [0.2, 0.25) is 0 Å². The number of nitrogens with one attached hydrogen (secondary N) is 1. The normalized spacial score (nSPS) is 10.6. The summed E-state index contributed by atoms with van der Waals surface area (Å²) in [6.45, 7) is 1.81. The van der Waals surface area contributed by atoms with Gasteiger partial charge >= 0.3 is 5.88 Å². The van der Waals surface area contributed by atoms with E-state index in [4.69, 9.17) is 4.42 Å². The molecule has 0 saturated carbocycles. The van der Waals surface area contributed by atoms with Crippen molar-refractivity contribution in [3.63, 3.8) is 0 Å². The third-order valence-electron chi connectivity index (χ3n) is 3.39. The summed E-state index contributed by atoms with van der Waals surface area (Å²) in [6, 6.07) is 8.50. The number of anilines is 1. The van der Waals surface area contributed by atoms with Crippen molar-refractivity contribution in [1.29, 1.82) is 0 Å². The summed E-state index contributed by atoms with van der Waals surface area (Å²) in [7, 11) is 0. The molecule has 0 aliphatic carbocycles. The van der Waals surface area contributed by atoms with Gasteiger partial charge in [0.25, 0.3) is 5.91 Å². The molecule has 1 amide bonds. The van der Waals surface area contributed by atoms with Gasteiger partial charge in [-0.25, -0.2) is 9.37 Å². The predicted molar refractivity (Wildman–Crippen MR) is 89.4 cm³/mol. The van der Waals surface area contributed by atoms with Gasteiger partial charge in [-0.2, -0.15) is 0 Å². The number of hydrogen-bond acceptors (Lipinski definition) is 6. The summed E-state index contributed by atoms with van der Waals surface area (Å²) in [5, 5.41) is 13.5. The minimum atomic E-state index is -0.717. The van der Waals surface area contributed by atoms with Gasteiger partial charge in [-0.05, 0) is 30.7 Å². The van der Waals surface area contributed by atoms with E-state index >= 15 is 0 Å². The predicted octanol–water partition coefficient (Wildman–Crippen LogP) is 3.93. The van der Waals surface area contributed by atoms with Crippen molar-refractivity contribution in [3.8, 4) is 0 Å². The number of hydrogen-bond donors (Lipinski definition) is 1. The average molecular weight is 361 g/mol. The molecule has 3 aromatic rings. The van der Waals surface area contributed by atoms with Crippen LogP contribution in [-0.2, 0) is 6.42 Å². The van der Waals surface area contributed by atoms with Gasteiger partial charge < -0.3 is 4.42 Å². The topological polar surface area (TPSA) is 98.3 Å². The summed E-state index contributed by atoms with van der Waals surface area (Å²) in [6.07, 6.45) is 0.561. The Bertz CT molecular complexity index is 933. The minimum Gasteiger partial charge on any atom is -0.395 e. The van der Waals surface area contributed by atoms with Crippen LogP contribution in [0.1, 0.15) is 26.7 Å². The molecular formula is C16H12FN3O4S. The smallest absolute Gasteiger partial charge is 0.395 e. The molecule has 3 rings (SSSR count). The van der Waals surface area contributed by atoms with Gasteiger partial charge in [0.05, 0.1) is 11.8 Å². The third kappa shape index (κ3) is 3.89. The van der Waals surface area contributed by atoms with E-state index < -0.39 is 16.7 Å². The van der Waals surface area contributed by atoms with E-state index in [-0.39, 0.29) is 11.6 Å². The molecule has 128 valence electrons. The SMILES string of the molecule is Cc1nc(NC(=O)c2ccc([N+](=O)[O-])o2)sc1Cc1ccc(F)cc1. The number of nitrogens with zero attached hydrogens (tertiary/aromatic N) is 2. The monoisotopic (exact) mass is 361 g/mol. The molecular weight excluding hydrogens is 349 g/mol. The lowest BCUT2D eigenvalue weighted by molar-refractivity contribution is -0.402. The van der Waals surface area contributed by atoms with Gasteiger partial charge in [0.1, 0.15) is 10.7 Å². The second-order valence-corrected chi connectivity index (χ2v) is 6.26. The van der Waals surface area contributed by atoms with Crippen LogP contribution in [0.3, 0.4) is 0 Å². The average Bonchev–Trinajstić information content (AvgIpc) is 3.17. The number of furan rings is 1. The first-order chi connectivity index (χ1) is 11.9. The molecule has 0 aliphatic heterocycles. The summed E-state index contributed by atoms with van der Waals surface area (Å²) in [5.74, 6) is -1.59. The molecule has 2 aromatic heterocycles. The largest absolute Gasteiger partial charge is 0.433 e. The standard InChI is InChI=1S/C16H12FN3O4S/c1-9-13(8-10-2-4-11(17)5-3-10)25-16(18-9)19-15(21)12-6-7-14(24-12)20(22)23/h2-7H,8H2,1H3,(H,18,19,21). The Labute approximate surface area is 145 Å². The summed E-state index contributed by atoms with van der Waals surface area (Å²) >= 11 is 1.28. The Morgan fingerprint density at radius 3 is 2.68 bits per heavy atom. The van der Waals surface area contributed by atoms with Crippen molar-refractivity contribution in [2.24, 2.45) is 0 Å². The summed E-state index contributed by atoms with van der Waals surface area (Å²) in [4.78, 5) is 27.1. The van der Waals surface area contributed by atoms with E-state index in [0.29, 0.717) is 11.6 Å². The molecule has 2 heterocycles. The quantitative estimate of drug-likeness (QED) is 0.548. The fourth-order valence-electron chi connectivity index (χ4n) is 2.14. The molecule has 0 bridgehead atoms. The highest BCUT2D eigenvalue weighted by atomic mass is 32.1. The van der Waals surface area contributed by atoms with Crippen molar-refractivity contribution in [1.82, 2.24) is 4.98 Å². The van der Waals surface area contributed by atoms with E-state index in [1.165, 1.54) is 29.5 Å². The van der Waals surface area contributed by atoms with Crippen molar-refractivity contribution >= 4 is 28.3 Å². The minimum absolute atomic E-state index is 0.167. The van der Waals surface area contributed by atoms with Crippen LogP contribution in [0.5, 0.6) is 0 Å². The van der Waals surface area contributed by atoms with Crippen molar-refractivity contribution in [2.75, 3.05) is 5.32 Å². The molecule has 0 unspecified atom stereocenters. The van der Waals surface area contributed by atoms with E-state index in [1.807, 2.05) is 6.92 Å². The van der Waals surface area contributed by atoms with E-state index in [1.54, 1.807) is 12.1 Å². The number of rotatable bonds is 5. The first-order valence-corrected chi connectivity index (χ1v) is 8.00. The summed E-state index contributed by atoms with van der Waals surface area (Å²) < 4.78 is 17.8. The zero-order chi connectivity index (χ0) is 18.0. The number of aromatic nitrogens is 1. The maximum atomic E-state index is 13.0. The van der Waals surface area contributed by atoms with Crippen LogP contribution in [0.25, 0.3) is 0 Å². The van der Waals surface area contributed by atoms with Gasteiger partial charge in [0.2, 0.25) is 0 Å². The number of benzene rings is 1. The van der Waals surface area contributed by atoms with Crippen LogP contribution in [0, 0.1) is 22.9 Å². The number of halogens is 1. The molecule has 0 spiro atoms. The van der Waals surface area contributed by atoms with Gasteiger partial charge in [0.15, 0.2) is 10.9 Å². The Morgan fingerprint density at radius 1 is 1.32 bits per heavy atom. The van der Waals surface area contributed by atoms with Crippen LogP contribution in [0.15, 0.2) is 40.8 Å². The first kappa shape index (κ1) is 16.8. The van der Waals surface area contributed by atoms with Crippen molar-refractivity contribution < 1.29 is 18.5 Å². The van der Waals surface area contributed by atoms with Gasteiger partial charge in [-0.3, -0.25) is 20.2 Å². The molecule has 0 saturated heterocycles. The van der Waals surface area contributed by atoms with E-state index in [0.717, 1.165) is 22.2 Å². The number of carbonyl (C=O) groups is 1. The van der Waals surface area contributed by atoms with E-state index in [9.17, 15) is 19.3 Å². The van der Waals surface area contributed by atoms with Crippen LogP contribution in [-0.4, -0.2) is 15.8 Å². The first-order valence-electron chi connectivity index (χ1n) is 7.18. The highest BCUT2D eigenvalue weighted by molar-refractivity contribution is 7.15.